The first-order chi connectivity index (χ1) is 16.1. The summed E-state index contributed by atoms with van der Waals surface area (Å²) >= 11 is 0. The van der Waals surface area contributed by atoms with Gasteiger partial charge in [-0.25, -0.2) is 0 Å². The van der Waals surface area contributed by atoms with Gasteiger partial charge in [0.2, 0.25) is 11.8 Å². The molecular weight excluding hydrogens is 416 g/mol. The van der Waals surface area contributed by atoms with Crippen molar-refractivity contribution in [2.75, 3.05) is 26.2 Å². The number of hydrogen-bond acceptors (Lipinski definition) is 5. The number of rotatable bonds is 6. The highest BCUT2D eigenvalue weighted by molar-refractivity contribution is 6.05. The zero-order valence-electron chi connectivity index (χ0n) is 19.5. The number of nitrogens with zero attached hydrogens (tertiary/aromatic N) is 2. The molecule has 3 amide bonds. The SMILES string of the molecule is O=C1CCC(N2Cc3ccc(CN4CCC(CCC5CCCNC5)CC4)cc3C2=O)C(=O)N1. The van der Waals surface area contributed by atoms with Crippen molar-refractivity contribution in [2.24, 2.45) is 11.8 Å². The fraction of sp³-hybridized carbons (Fsp3) is 0.654. The third-order valence-electron chi connectivity index (χ3n) is 8.09. The van der Waals surface area contributed by atoms with Crippen molar-refractivity contribution in [2.45, 2.75) is 70.5 Å². The lowest BCUT2D eigenvalue weighted by molar-refractivity contribution is -0.136. The number of piperidine rings is 3. The standard InChI is InChI=1S/C26H36N4O3/c31-24-8-7-23(25(32)28-24)30-17-21-6-5-20(14-22(21)26(30)33)16-29-12-9-18(10-13-29)3-4-19-2-1-11-27-15-19/h5-6,14,18-19,23,27H,1-4,7-13,15-17H2,(H,28,31,32). The molecule has 0 aliphatic carbocycles. The van der Waals surface area contributed by atoms with Crippen LogP contribution in [0.1, 0.15) is 72.9 Å². The predicted molar refractivity (Wildman–Crippen MR) is 125 cm³/mol. The van der Waals surface area contributed by atoms with Crippen molar-refractivity contribution in [1.82, 2.24) is 20.4 Å². The molecule has 2 unspecified atom stereocenters. The number of amides is 3. The Morgan fingerprint density at radius 2 is 1.79 bits per heavy atom. The summed E-state index contributed by atoms with van der Waals surface area (Å²) in [6.07, 6.45) is 8.69. The molecule has 2 atom stereocenters. The molecule has 7 nitrogen and oxygen atoms in total. The normalized spacial score (nSPS) is 27.0. The number of fused-ring (bicyclic) bond motifs is 1. The van der Waals surface area contributed by atoms with Crippen LogP contribution in [0.2, 0.25) is 0 Å². The molecule has 0 aromatic heterocycles. The summed E-state index contributed by atoms with van der Waals surface area (Å²) in [5, 5.41) is 5.90. The molecular formula is C26H36N4O3. The monoisotopic (exact) mass is 452 g/mol. The van der Waals surface area contributed by atoms with E-state index in [1.807, 2.05) is 12.1 Å². The van der Waals surface area contributed by atoms with Crippen LogP contribution in [0.5, 0.6) is 0 Å². The van der Waals surface area contributed by atoms with E-state index in [0.29, 0.717) is 18.5 Å². The molecule has 2 N–H and O–H groups in total. The zero-order chi connectivity index (χ0) is 22.8. The van der Waals surface area contributed by atoms with Gasteiger partial charge in [-0.2, -0.15) is 0 Å². The van der Waals surface area contributed by atoms with E-state index >= 15 is 0 Å². The average molecular weight is 453 g/mol. The zero-order valence-corrected chi connectivity index (χ0v) is 19.5. The third kappa shape index (κ3) is 5.14. The first-order valence-electron chi connectivity index (χ1n) is 12.8. The van der Waals surface area contributed by atoms with E-state index < -0.39 is 6.04 Å². The third-order valence-corrected chi connectivity index (χ3v) is 8.09. The minimum Gasteiger partial charge on any atom is -0.322 e. The maximum absolute atomic E-state index is 13.1. The Morgan fingerprint density at radius 3 is 2.55 bits per heavy atom. The van der Waals surface area contributed by atoms with Crippen molar-refractivity contribution in [3.8, 4) is 0 Å². The van der Waals surface area contributed by atoms with Crippen LogP contribution in [0.15, 0.2) is 18.2 Å². The second-order valence-corrected chi connectivity index (χ2v) is 10.4. The van der Waals surface area contributed by atoms with Gasteiger partial charge in [-0.15, -0.1) is 0 Å². The maximum atomic E-state index is 13.1. The number of likely N-dealkylation sites (tertiary alicyclic amines) is 1. The summed E-state index contributed by atoms with van der Waals surface area (Å²) in [5.74, 6) is 1.04. The van der Waals surface area contributed by atoms with Gasteiger partial charge < -0.3 is 10.2 Å². The lowest BCUT2D eigenvalue weighted by Gasteiger charge is -2.33. The maximum Gasteiger partial charge on any atom is 0.255 e. The molecule has 5 rings (SSSR count). The van der Waals surface area contributed by atoms with Gasteiger partial charge >= 0.3 is 0 Å². The van der Waals surface area contributed by atoms with E-state index in [-0.39, 0.29) is 24.1 Å². The van der Waals surface area contributed by atoms with Gasteiger partial charge in [0, 0.05) is 25.1 Å². The first-order valence-corrected chi connectivity index (χ1v) is 12.8. The molecule has 33 heavy (non-hydrogen) atoms. The smallest absolute Gasteiger partial charge is 0.255 e. The molecule has 4 heterocycles. The lowest BCUT2D eigenvalue weighted by atomic mass is 9.86. The number of hydrogen-bond donors (Lipinski definition) is 2. The van der Waals surface area contributed by atoms with E-state index in [1.165, 1.54) is 57.2 Å². The van der Waals surface area contributed by atoms with Crippen LogP contribution < -0.4 is 10.6 Å². The fourth-order valence-electron chi connectivity index (χ4n) is 6.03. The Bertz CT molecular complexity index is 903. The second-order valence-electron chi connectivity index (χ2n) is 10.4. The van der Waals surface area contributed by atoms with Crippen LogP contribution in [0, 0.1) is 11.8 Å². The molecule has 4 aliphatic rings. The number of carbonyl (C=O) groups excluding carboxylic acids is 3. The number of imide groups is 1. The van der Waals surface area contributed by atoms with Crippen LogP contribution in [-0.4, -0.2) is 59.7 Å². The molecule has 0 spiro atoms. The molecule has 7 heteroatoms. The van der Waals surface area contributed by atoms with Crippen molar-refractivity contribution in [1.29, 1.82) is 0 Å². The van der Waals surface area contributed by atoms with Gasteiger partial charge in [0.25, 0.3) is 5.91 Å². The highest BCUT2D eigenvalue weighted by Crippen LogP contribution is 2.30. The number of benzene rings is 1. The van der Waals surface area contributed by atoms with Gasteiger partial charge in [0.15, 0.2) is 0 Å². The lowest BCUT2D eigenvalue weighted by Crippen LogP contribution is -2.52. The molecule has 1 aromatic rings. The Kier molecular flexibility index (Phi) is 6.79. The summed E-state index contributed by atoms with van der Waals surface area (Å²) < 4.78 is 0. The van der Waals surface area contributed by atoms with Gasteiger partial charge in [0.05, 0.1) is 0 Å². The van der Waals surface area contributed by atoms with Crippen LogP contribution in [0.4, 0.5) is 0 Å². The topological polar surface area (TPSA) is 81.8 Å². The molecule has 0 saturated carbocycles. The Morgan fingerprint density at radius 1 is 0.970 bits per heavy atom. The van der Waals surface area contributed by atoms with E-state index in [4.69, 9.17) is 0 Å². The van der Waals surface area contributed by atoms with Crippen molar-refractivity contribution in [3.05, 3.63) is 34.9 Å². The molecule has 3 saturated heterocycles. The van der Waals surface area contributed by atoms with Gasteiger partial charge in [0.1, 0.15) is 6.04 Å². The Labute approximate surface area is 196 Å². The Hall–Kier alpha value is -2.25. The summed E-state index contributed by atoms with van der Waals surface area (Å²) in [4.78, 5) is 40.9. The summed E-state index contributed by atoms with van der Waals surface area (Å²) in [5.41, 5.74) is 2.86. The molecule has 3 fully saturated rings. The first kappa shape index (κ1) is 22.5. The minimum absolute atomic E-state index is 0.0859. The van der Waals surface area contributed by atoms with Gasteiger partial charge in [-0.3, -0.25) is 24.6 Å². The van der Waals surface area contributed by atoms with E-state index in [0.717, 1.165) is 37.0 Å². The molecule has 1 aromatic carbocycles. The summed E-state index contributed by atoms with van der Waals surface area (Å²) in [6, 6.07) is 5.64. The molecule has 0 radical (unpaired) electrons. The van der Waals surface area contributed by atoms with E-state index in [9.17, 15) is 14.4 Å². The van der Waals surface area contributed by atoms with Gasteiger partial charge in [-0.1, -0.05) is 18.6 Å². The van der Waals surface area contributed by atoms with Crippen molar-refractivity contribution < 1.29 is 14.4 Å². The molecule has 178 valence electrons. The van der Waals surface area contributed by atoms with Gasteiger partial charge in [-0.05, 0) is 93.7 Å². The van der Waals surface area contributed by atoms with Crippen LogP contribution >= 0.6 is 0 Å². The second kappa shape index (κ2) is 9.94. The van der Waals surface area contributed by atoms with E-state index in [2.05, 4.69) is 21.6 Å². The van der Waals surface area contributed by atoms with Crippen LogP contribution in [-0.2, 0) is 22.7 Å². The quantitative estimate of drug-likeness (QED) is 0.648. The minimum atomic E-state index is -0.547. The van der Waals surface area contributed by atoms with Crippen molar-refractivity contribution >= 4 is 17.7 Å². The highest BCUT2D eigenvalue weighted by Gasteiger charge is 2.39. The fourth-order valence-corrected chi connectivity index (χ4v) is 6.03. The molecule has 4 aliphatic heterocycles. The van der Waals surface area contributed by atoms with Crippen LogP contribution in [0.25, 0.3) is 0 Å². The summed E-state index contributed by atoms with van der Waals surface area (Å²) in [7, 11) is 0. The van der Waals surface area contributed by atoms with Crippen LogP contribution in [0.3, 0.4) is 0 Å². The average Bonchev–Trinajstić information content (AvgIpc) is 3.15. The summed E-state index contributed by atoms with van der Waals surface area (Å²) in [6.45, 7) is 5.97. The highest BCUT2D eigenvalue weighted by atomic mass is 16.2. The Balaban J connectivity index is 1.12. The number of carbonyl (C=O) groups is 3. The predicted octanol–water partition coefficient (Wildman–Crippen LogP) is 2.44. The van der Waals surface area contributed by atoms with E-state index in [1.54, 1.807) is 4.90 Å². The molecule has 0 bridgehead atoms. The van der Waals surface area contributed by atoms with Crippen molar-refractivity contribution in [3.63, 3.8) is 0 Å². The number of nitrogens with one attached hydrogen (secondary N) is 2. The largest absolute Gasteiger partial charge is 0.322 e.